The van der Waals surface area contributed by atoms with E-state index in [0.29, 0.717) is 12.2 Å². The van der Waals surface area contributed by atoms with Gasteiger partial charge in [-0.05, 0) is 35.9 Å². The van der Waals surface area contributed by atoms with E-state index in [-0.39, 0.29) is 11.4 Å². The molecule has 5 nitrogen and oxygen atoms in total. The van der Waals surface area contributed by atoms with Crippen molar-refractivity contribution in [2.45, 2.75) is 16.3 Å². The maximum Gasteiger partial charge on any atom is 0.312 e. The van der Waals surface area contributed by atoms with Crippen molar-refractivity contribution in [2.24, 2.45) is 0 Å². The highest BCUT2D eigenvalue weighted by Gasteiger charge is 2.13. The van der Waals surface area contributed by atoms with Gasteiger partial charge in [-0.2, -0.15) is 0 Å². The predicted octanol–water partition coefficient (Wildman–Crippen LogP) is 5.06. The zero-order valence-corrected chi connectivity index (χ0v) is 14.1. The van der Waals surface area contributed by atoms with Gasteiger partial charge in [0.15, 0.2) is 5.75 Å². The molecule has 0 aliphatic rings. The number of aromatic hydroxyl groups is 1. The van der Waals surface area contributed by atoms with Gasteiger partial charge in [0.1, 0.15) is 0 Å². The van der Waals surface area contributed by atoms with Gasteiger partial charge >= 0.3 is 5.69 Å². The maximum atomic E-state index is 10.9. The second-order valence-corrected chi connectivity index (χ2v) is 6.45. The molecule has 0 saturated carbocycles. The number of phenolic OH excluding ortho intramolecular Hbond substituents is 1. The van der Waals surface area contributed by atoms with Crippen LogP contribution in [0.15, 0.2) is 82.6 Å². The summed E-state index contributed by atoms with van der Waals surface area (Å²) in [6, 6.07) is 22.4. The topological polar surface area (TPSA) is 75.4 Å². The Kier molecular flexibility index (Phi) is 5.20. The Morgan fingerprint density at radius 1 is 1.00 bits per heavy atom. The first-order valence-corrected chi connectivity index (χ1v) is 8.47. The second kappa shape index (κ2) is 7.72. The lowest BCUT2D eigenvalue weighted by Gasteiger charge is -2.11. The fourth-order valence-electron chi connectivity index (χ4n) is 2.34. The van der Waals surface area contributed by atoms with E-state index < -0.39 is 4.92 Å². The fourth-order valence-corrected chi connectivity index (χ4v) is 3.31. The number of rotatable bonds is 6. The molecular weight excluding hydrogens is 336 g/mol. The molecule has 25 heavy (non-hydrogen) atoms. The van der Waals surface area contributed by atoms with Gasteiger partial charge < -0.3 is 10.4 Å². The van der Waals surface area contributed by atoms with Crippen molar-refractivity contribution in [3.05, 3.63) is 88.5 Å². The average Bonchev–Trinajstić information content (AvgIpc) is 2.63. The lowest BCUT2D eigenvalue weighted by molar-refractivity contribution is -0.385. The fraction of sp³-hybridized carbons (Fsp3) is 0.0526. The van der Waals surface area contributed by atoms with Crippen LogP contribution < -0.4 is 5.32 Å². The van der Waals surface area contributed by atoms with Crippen LogP contribution in [0.3, 0.4) is 0 Å². The quantitative estimate of drug-likeness (QED) is 0.368. The normalized spacial score (nSPS) is 10.4. The maximum absolute atomic E-state index is 10.9. The molecule has 3 aromatic rings. The number of nitro benzene ring substituents is 1. The Morgan fingerprint density at radius 2 is 1.72 bits per heavy atom. The number of nitro groups is 1. The van der Waals surface area contributed by atoms with Gasteiger partial charge in [-0.3, -0.25) is 10.1 Å². The lowest BCUT2D eigenvalue weighted by atomic mass is 10.2. The summed E-state index contributed by atoms with van der Waals surface area (Å²) in [5.74, 6) is -0.337. The zero-order chi connectivity index (χ0) is 17.6. The summed E-state index contributed by atoms with van der Waals surface area (Å²) in [5, 5.41) is 23.6. The first-order chi connectivity index (χ1) is 12.1. The summed E-state index contributed by atoms with van der Waals surface area (Å²) in [7, 11) is 0. The van der Waals surface area contributed by atoms with Gasteiger partial charge in [-0.1, -0.05) is 48.2 Å². The molecule has 0 atom stereocenters. The van der Waals surface area contributed by atoms with E-state index in [0.717, 1.165) is 15.4 Å². The van der Waals surface area contributed by atoms with Crippen molar-refractivity contribution in [3.63, 3.8) is 0 Å². The van der Waals surface area contributed by atoms with Crippen LogP contribution in [-0.2, 0) is 6.54 Å². The van der Waals surface area contributed by atoms with Crippen LogP contribution >= 0.6 is 11.8 Å². The Bertz CT molecular complexity index is 885. The zero-order valence-electron chi connectivity index (χ0n) is 13.3. The first-order valence-electron chi connectivity index (χ1n) is 7.65. The first kappa shape index (κ1) is 16.9. The summed E-state index contributed by atoms with van der Waals surface area (Å²) in [4.78, 5) is 12.6. The number of hydrogen-bond acceptors (Lipinski definition) is 5. The number of phenols is 1. The standard InChI is InChI=1S/C19H16N2O3S/c22-18-11-10-15(12-17(18)21(23)24)20-13-14-6-4-5-9-19(14)25-16-7-2-1-3-8-16/h1-12,20,22H,13H2. The molecule has 0 fully saturated rings. The molecule has 0 bridgehead atoms. The van der Waals surface area contributed by atoms with Crippen molar-refractivity contribution in [1.29, 1.82) is 0 Å². The largest absolute Gasteiger partial charge is 0.502 e. The molecule has 2 N–H and O–H groups in total. The van der Waals surface area contributed by atoms with E-state index in [9.17, 15) is 15.2 Å². The van der Waals surface area contributed by atoms with Gasteiger partial charge in [-0.25, -0.2) is 0 Å². The number of benzene rings is 3. The third kappa shape index (κ3) is 4.30. The molecule has 0 unspecified atom stereocenters. The van der Waals surface area contributed by atoms with Gasteiger partial charge in [0.25, 0.3) is 0 Å². The molecule has 0 spiro atoms. The molecule has 0 aromatic heterocycles. The highest BCUT2D eigenvalue weighted by Crippen LogP contribution is 2.32. The molecule has 3 rings (SSSR count). The van der Waals surface area contributed by atoms with E-state index in [1.165, 1.54) is 12.1 Å². The van der Waals surface area contributed by atoms with Crippen molar-refractivity contribution < 1.29 is 10.0 Å². The highest BCUT2D eigenvalue weighted by atomic mass is 32.2. The van der Waals surface area contributed by atoms with Crippen LogP contribution in [-0.4, -0.2) is 10.0 Å². The van der Waals surface area contributed by atoms with Crippen molar-refractivity contribution in [3.8, 4) is 5.75 Å². The summed E-state index contributed by atoms with van der Waals surface area (Å²) < 4.78 is 0. The van der Waals surface area contributed by atoms with E-state index >= 15 is 0 Å². The van der Waals surface area contributed by atoms with Crippen molar-refractivity contribution in [2.75, 3.05) is 5.32 Å². The van der Waals surface area contributed by atoms with E-state index in [2.05, 4.69) is 17.4 Å². The molecule has 126 valence electrons. The van der Waals surface area contributed by atoms with Gasteiger partial charge in [0.05, 0.1) is 4.92 Å². The number of hydrogen-bond donors (Lipinski definition) is 2. The minimum atomic E-state index is -0.598. The van der Waals surface area contributed by atoms with Crippen LogP contribution in [0.5, 0.6) is 5.75 Å². The van der Waals surface area contributed by atoms with Crippen LogP contribution in [0.4, 0.5) is 11.4 Å². The predicted molar refractivity (Wildman–Crippen MR) is 99.1 cm³/mol. The van der Waals surface area contributed by atoms with Crippen molar-refractivity contribution in [1.82, 2.24) is 0 Å². The second-order valence-electron chi connectivity index (χ2n) is 5.34. The van der Waals surface area contributed by atoms with Gasteiger partial charge in [-0.15, -0.1) is 0 Å². The molecule has 0 amide bonds. The molecule has 0 saturated heterocycles. The average molecular weight is 352 g/mol. The minimum absolute atomic E-state index is 0.308. The molecule has 3 aromatic carbocycles. The summed E-state index contributed by atoms with van der Waals surface area (Å²) in [5.41, 5.74) is 1.37. The summed E-state index contributed by atoms with van der Waals surface area (Å²) in [6.07, 6.45) is 0. The van der Waals surface area contributed by atoms with Crippen LogP contribution in [0.2, 0.25) is 0 Å². The van der Waals surface area contributed by atoms with Gasteiger partial charge in [0.2, 0.25) is 0 Å². The molecule has 0 aliphatic carbocycles. The van der Waals surface area contributed by atoms with Crippen molar-refractivity contribution >= 4 is 23.1 Å². The monoisotopic (exact) mass is 352 g/mol. The Hall–Kier alpha value is -2.99. The van der Waals surface area contributed by atoms with Crippen LogP contribution in [0.25, 0.3) is 0 Å². The number of anilines is 1. The Balaban J connectivity index is 1.76. The van der Waals surface area contributed by atoms with E-state index in [1.54, 1.807) is 17.8 Å². The molecule has 0 radical (unpaired) electrons. The lowest BCUT2D eigenvalue weighted by Crippen LogP contribution is -2.01. The van der Waals surface area contributed by atoms with Crippen LogP contribution in [0, 0.1) is 10.1 Å². The van der Waals surface area contributed by atoms with Gasteiger partial charge in [0, 0.05) is 28.1 Å². The number of nitrogens with one attached hydrogen (secondary N) is 1. The SMILES string of the molecule is O=[N+]([O-])c1cc(NCc2ccccc2Sc2ccccc2)ccc1O. The summed E-state index contributed by atoms with van der Waals surface area (Å²) in [6.45, 7) is 0.526. The third-order valence-electron chi connectivity index (χ3n) is 3.60. The summed E-state index contributed by atoms with van der Waals surface area (Å²) >= 11 is 1.67. The third-order valence-corrected chi connectivity index (χ3v) is 4.72. The smallest absolute Gasteiger partial charge is 0.312 e. The van der Waals surface area contributed by atoms with Crippen LogP contribution in [0.1, 0.15) is 5.56 Å². The molecule has 6 heteroatoms. The molecule has 0 heterocycles. The van der Waals surface area contributed by atoms with E-state index in [1.807, 2.05) is 42.5 Å². The number of nitrogens with zero attached hydrogens (tertiary/aromatic N) is 1. The Labute approximate surface area is 149 Å². The molecular formula is C19H16N2O3S. The van der Waals surface area contributed by atoms with E-state index in [4.69, 9.17) is 0 Å². The highest BCUT2D eigenvalue weighted by molar-refractivity contribution is 7.99. The minimum Gasteiger partial charge on any atom is -0.502 e. The Morgan fingerprint density at radius 3 is 2.48 bits per heavy atom. The molecule has 0 aliphatic heterocycles.